The SMILES string of the molecule is c1cnc(-c2nnc3n2CCCS3)cn1. The largest absolute Gasteiger partial charge is 0.301 e. The van der Waals surface area contributed by atoms with Crippen LogP contribution in [-0.2, 0) is 6.54 Å². The molecule has 1 aliphatic heterocycles. The first-order valence-corrected chi connectivity index (χ1v) is 5.76. The van der Waals surface area contributed by atoms with Crippen molar-refractivity contribution < 1.29 is 0 Å². The molecule has 0 radical (unpaired) electrons. The van der Waals surface area contributed by atoms with Crippen molar-refractivity contribution in [3.05, 3.63) is 18.6 Å². The number of fused-ring (bicyclic) bond motifs is 1. The highest BCUT2D eigenvalue weighted by atomic mass is 32.2. The Hall–Kier alpha value is -1.43. The van der Waals surface area contributed by atoms with Crippen molar-refractivity contribution >= 4 is 11.8 Å². The Bertz CT molecular complexity index is 467. The van der Waals surface area contributed by atoms with Gasteiger partial charge in [-0.1, -0.05) is 11.8 Å². The van der Waals surface area contributed by atoms with E-state index in [0.717, 1.165) is 35.4 Å². The van der Waals surface area contributed by atoms with E-state index in [2.05, 4.69) is 24.7 Å². The normalized spacial score (nSPS) is 14.9. The second-order valence-electron chi connectivity index (χ2n) is 3.25. The molecular weight excluding hydrogens is 210 g/mol. The Morgan fingerprint density at radius 3 is 3.13 bits per heavy atom. The van der Waals surface area contributed by atoms with Crippen LogP contribution < -0.4 is 0 Å². The molecular formula is C9H9N5S. The topological polar surface area (TPSA) is 56.5 Å². The van der Waals surface area contributed by atoms with Gasteiger partial charge in [-0.05, 0) is 6.42 Å². The molecule has 0 saturated heterocycles. The van der Waals surface area contributed by atoms with Gasteiger partial charge in [0.05, 0.1) is 6.20 Å². The second kappa shape index (κ2) is 3.62. The highest BCUT2D eigenvalue weighted by molar-refractivity contribution is 7.99. The summed E-state index contributed by atoms with van der Waals surface area (Å²) in [6.07, 6.45) is 6.21. The molecule has 0 atom stereocenters. The highest BCUT2D eigenvalue weighted by Crippen LogP contribution is 2.26. The fourth-order valence-corrected chi connectivity index (χ4v) is 2.48. The minimum Gasteiger partial charge on any atom is -0.301 e. The van der Waals surface area contributed by atoms with Crippen molar-refractivity contribution in [1.29, 1.82) is 0 Å². The van der Waals surface area contributed by atoms with Gasteiger partial charge in [0.15, 0.2) is 11.0 Å². The molecule has 0 bridgehead atoms. The van der Waals surface area contributed by atoms with Crippen LogP contribution in [0.3, 0.4) is 0 Å². The van der Waals surface area contributed by atoms with Gasteiger partial charge in [-0.15, -0.1) is 10.2 Å². The van der Waals surface area contributed by atoms with E-state index < -0.39 is 0 Å². The molecule has 15 heavy (non-hydrogen) atoms. The smallest absolute Gasteiger partial charge is 0.191 e. The van der Waals surface area contributed by atoms with Crippen LogP contribution in [0.25, 0.3) is 11.5 Å². The lowest BCUT2D eigenvalue weighted by Crippen LogP contribution is -2.08. The Balaban J connectivity index is 2.09. The molecule has 76 valence electrons. The van der Waals surface area contributed by atoms with E-state index in [0.29, 0.717) is 0 Å². The molecule has 0 N–H and O–H groups in total. The molecule has 2 aromatic heterocycles. The van der Waals surface area contributed by atoms with Gasteiger partial charge in [0.25, 0.3) is 0 Å². The van der Waals surface area contributed by atoms with Crippen molar-refractivity contribution in [1.82, 2.24) is 24.7 Å². The Labute approximate surface area is 91.0 Å². The van der Waals surface area contributed by atoms with Crippen LogP contribution in [0.5, 0.6) is 0 Å². The molecule has 0 unspecified atom stereocenters. The lowest BCUT2D eigenvalue weighted by molar-refractivity contribution is 0.611. The van der Waals surface area contributed by atoms with Gasteiger partial charge in [-0.25, -0.2) is 4.98 Å². The number of nitrogens with zero attached hydrogens (tertiary/aromatic N) is 5. The molecule has 6 heteroatoms. The fourth-order valence-electron chi connectivity index (χ4n) is 1.59. The number of aromatic nitrogens is 5. The average molecular weight is 219 g/mol. The van der Waals surface area contributed by atoms with E-state index in [1.807, 2.05) is 0 Å². The highest BCUT2D eigenvalue weighted by Gasteiger charge is 2.17. The van der Waals surface area contributed by atoms with Crippen molar-refractivity contribution in [3.8, 4) is 11.5 Å². The van der Waals surface area contributed by atoms with Gasteiger partial charge in [-0.2, -0.15) is 0 Å². The summed E-state index contributed by atoms with van der Waals surface area (Å²) in [5, 5.41) is 9.29. The summed E-state index contributed by atoms with van der Waals surface area (Å²) < 4.78 is 2.11. The Kier molecular flexibility index (Phi) is 2.13. The lowest BCUT2D eigenvalue weighted by atomic mass is 10.4. The Morgan fingerprint density at radius 1 is 1.27 bits per heavy atom. The molecule has 0 saturated carbocycles. The van der Waals surface area contributed by atoms with Crippen molar-refractivity contribution in [2.75, 3.05) is 5.75 Å². The minimum absolute atomic E-state index is 0.791. The molecule has 0 amide bonds. The summed E-state index contributed by atoms with van der Waals surface area (Å²) in [6, 6.07) is 0. The van der Waals surface area contributed by atoms with Crippen molar-refractivity contribution in [2.24, 2.45) is 0 Å². The van der Waals surface area contributed by atoms with Gasteiger partial charge >= 0.3 is 0 Å². The Morgan fingerprint density at radius 2 is 2.27 bits per heavy atom. The van der Waals surface area contributed by atoms with Crippen LogP contribution in [0.15, 0.2) is 23.7 Å². The third-order valence-corrected chi connectivity index (χ3v) is 3.32. The summed E-state index contributed by atoms with van der Waals surface area (Å²) in [4.78, 5) is 8.27. The van der Waals surface area contributed by atoms with E-state index in [9.17, 15) is 0 Å². The first-order valence-electron chi connectivity index (χ1n) is 4.77. The van der Waals surface area contributed by atoms with E-state index in [-0.39, 0.29) is 0 Å². The first-order chi connectivity index (χ1) is 7.45. The van der Waals surface area contributed by atoms with Gasteiger partial charge in [-0.3, -0.25) is 4.98 Å². The van der Waals surface area contributed by atoms with Gasteiger partial charge < -0.3 is 4.57 Å². The van der Waals surface area contributed by atoms with E-state index in [1.165, 1.54) is 0 Å². The maximum Gasteiger partial charge on any atom is 0.191 e. The van der Waals surface area contributed by atoms with Crippen LogP contribution in [0.4, 0.5) is 0 Å². The lowest BCUT2D eigenvalue weighted by Gasteiger charge is -2.13. The summed E-state index contributed by atoms with van der Waals surface area (Å²) >= 11 is 1.75. The maximum atomic E-state index is 4.23. The molecule has 1 aliphatic rings. The predicted molar refractivity (Wildman–Crippen MR) is 56.4 cm³/mol. The molecule has 0 fully saturated rings. The van der Waals surface area contributed by atoms with Crippen molar-refractivity contribution in [2.45, 2.75) is 18.1 Å². The molecule has 3 rings (SSSR count). The monoisotopic (exact) mass is 219 g/mol. The standard InChI is InChI=1S/C9H9N5S/c1-4-14-8(7-6-10-2-3-11-7)12-13-9(14)15-5-1/h2-3,6H,1,4-5H2. The fraction of sp³-hybridized carbons (Fsp3) is 0.333. The van der Waals surface area contributed by atoms with Crippen LogP contribution in [-0.4, -0.2) is 30.5 Å². The molecule has 0 aliphatic carbocycles. The number of rotatable bonds is 1. The van der Waals surface area contributed by atoms with Crippen molar-refractivity contribution in [3.63, 3.8) is 0 Å². The van der Waals surface area contributed by atoms with Gasteiger partial charge in [0.1, 0.15) is 5.69 Å². The second-order valence-corrected chi connectivity index (χ2v) is 4.31. The van der Waals surface area contributed by atoms with E-state index in [1.54, 1.807) is 30.4 Å². The minimum atomic E-state index is 0.791. The summed E-state index contributed by atoms with van der Waals surface area (Å²) in [6.45, 7) is 0.973. The van der Waals surface area contributed by atoms with Crippen LogP contribution >= 0.6 is 11.8 Å². The third-order valence-electron chi connectivity index (χ3n) is 2.27. The average Bonchev–Trinajstić information content (AvgIpc) is 2.74. The quantitative estimate of drug-likeness (QED) is 0.722. The van der Waals surface area contributed by atoms with Gasteiger partial charge in [0, 0.05) is 24.7 Å². The molecule has 2 aromatic rings. The molecule has 0 spiro atoms. The number of thioether (sulfide) groups is 1. The third kappa shape index (κ3) is 1.50. The zero-order chi connectivity index (χ0) is 10.1. The summed E-state index contributed by atoms with van der Waals surface area (Å²) in [7, 11) is 0. The predicted octanol–water partition coefficient (Wildman–Crippen LogP) is 1.23. The number of hydrogen-bond donors (Lipinski definition) is 0. The zero-order valence-corrected chi connectivity index (χ0v) is 8.81. The molecule has 3 heterocycles. The zero-order valence-electron chi connectivity index (χ0n) is 8.00. The van der Waals surface area contributed by atoms with Crippen LogP contribution in [0.2, 0.25) is 0 Å². The summed E-state index contributed by atoms with van der Waals surface area (Å²) in [5.74, 6) is 1.95. The van der Waals surface area contributed by atoms with Gasteiger partial charge in [0.2, 0.25) is 0 Å². The number of hydrogen-bond acceptors (Lipinski definition) is 5. The van der Waals surface area contributed by atoms with E-state index >= 15 is 0 Å². The maximum absolute atomic E-state index is 4.23. The first kappa shape index (κ1) is 8.84. The molecule has 0 aromatic carbocycles. The molecule has 5 nitrogen and oxygen atoms in total. The van der Waals surface area contributed by atoms with Crippen LogP contribution in [0, 0.1) is 0 Å². The van der Waals surface area contributed by atoms with Crippen LogP contribution in [0.1, 0.15) is 6.42 Å². The summed E-state index contributed by atoms with van der Waals surface area (Å²) in [5.41, 5.74) is 0.791. The van der Waals surface area contributed by atoms with E-state index in [4.69, 9.17) is 0 Å².